The first-order valence-electron chi connectivity index (χ1n) is 13.8. The van der Waals surface area contributed by atoms with Gasteiger partial charge in [-0.1, -0.05) is 42.5 Å². The van der Waals surface area contributed by atoms with Crippen LogP contribution in [0.25, 0.3) is 0 Å². The Balaban J connectivity index is 1.12. The monoisotopic (exact) mass is 544 g/mol. The summed E-state index contributed by atoms with van der Waals surface area (Å²) in [7, 11) is 0. The zero-order chi connectivity index (χ0) is 27.4. The van der Waals surface area contributed by atoms with E-state index in [0.717, 1.165) is 43.7 Å². The molecule has 0 saturated heterocycles. The van der Waals surface area contributed by atoms with E-state index in [4.69, 9.17) is 4.74 Å². The van der Waals surface area contributed by atoms with Crippen molar-refractivity contribution in [1.29, 1.82) is 0 Å². The quantitative estimate of drug-likeness (QED) is 0.276. The third-order valence-corrected chi connectivity index (χ3v) is 8.51. The summed E-state index contributed by atoms with van der Waals surface area (Å²) < 4.78 is 75.8. The van der Waals surface area contributed by atoms with Crippen LogP contribution in [-0.4, -0.2) is 6.36 Å². The Kier molecular flexibility index (Phi) is 8.43. The van der Waals surface area contributed by atoms with Gasteiger partial charge in [-0.3, -0.25) is 0 Å². The van der Waals surface area contributed by atoms with E-state index in [1.807, 2.05) is 0 Å². The molecular weight excluding hydrogens is 511 g/mol. The number of halogens is 5. The number of benzene rings is 3. The van der Waals surface area contributed by atoms with Gasteiger partial charge in [0.05, 0.1) is 0 Å². The van der Waals surface area contributed by atoms with Crippen molar-refractivity contribution in [3.05, 3.63) is 95.1 Å². The van der Waals surface area contributed by atoms with E-state index in [-0.39, 0.29) is 18.3 Å². The Bertz CT molecular complexity index is 1190. The molecule has 0 spiro atoms. The van der Waals surface area contributed by atoms with Crippen LogP contribution >= 0.6 is 0 Å². The van der Waals surface area contributed by atoms with Crippen molar-refractivity contribution in [2.75, 3.05) is 0 Å². The molecule has 2 aliphatic carbocycles. The smallest absolute Gasteiger partial charge is 0.483 e. The third kappa shape index (κ3) is 7.11. The van der Waals surface area contributed by atoms with E-state index in [1.165, 1.54) is 55.5 Å². The summed E-state index contributed by atoms with van der Waals surface area (Å²) in [6.45, 7) is -0.183. The number of rotatable bonds is 7. The summed E-state index contributed by atoms with van der Waals surface area (Å²) in [5.41, 5.74) is 2.57. The SMILES string of the molecule is Fc1cc(C2CCC(C3CCC(c4ccccc4)CC3)CC2)cc(F)c1OCc1ccc(OC(F)(F)F)cc1. The second kappa shape index (κ2) is 12.0. The predicted molar refractivity (Wildman–Crippen MR) is 140 cm³/mol. The minimum Gasteiger partial charge on any atom is -0.483 e. The van der Waals surface area contributed by atoms with Gasteiger partial charge in [-0.2, -0.15) is 0 Å². The summed E-state index contributed by atoms with van der Waals surface area (Å²) in [6.07, 6.45) is 4.21. The van der Waals surface area contributed by atoms with Crippen molar-refractivity contribution >= 4 is 0 Å². The number of hydrogen-bond donors (Lipinski definition) is 0. The van der Waals surface area contributed by atoms with E-state index in [2.05, 4.69) is 35.1 Å². The second-order valence-corrected chi connectivity index (χ2v) is 10.9. The van der Waals surface area contributed by atoms with Crippen molar-refractivity contribution in [2.45, 2.75) is 76.2 Å². The molecule has 0 radical (unpaired) electrons. The van der Waals surface area contributed by atoms with Gasteiger partial charge in [0.1, 0.15) is 12.4 Å². The highest BCUT2D eigenvalue weighted by molar-refractivity contribution is 5.34. The Hall–Kier alpha value is -3.09. The van der Waals surface area contributed by atoms with Crippen LogP contribution in [0.4, 0.5) is 22.0 Å². The summed E-state index contributed by atoms with van der Waals surface area (Å²) >= 11 is 0. The van der Waals surface area contributed by atoms with Gasteiger partial charge >= 0.3 is 6.36 Å². The van der Waals surface area contributed by atoms with E-state index < -0.39 is 23.7 Å². The Labute approximate surface area is 226 Å². The lowest BCUT2D eigenvalue weighted by molar-refractivity contribution is -0.274. The summed E-state index contributed by atoms with van der Waals surface area (Å²) in [5, 5.41) is 0. The molecule has 2 saturated carbocycles. The number of hydrogen-bond acceptors (Lipinski definition) is 2. The maximum atomic E-state index is 14.9. The Morgan fingerprint density at radius 2 is 1.15 bits per heavy atom. The average molecular weight is 545 g/mol. The molecule has 0 N–H and O–H groups in total. The fraction of sp³-hybridized carbons (Fsp3) is 0.438. The van der Waals surface area contributed by atoms with Crippen molar-refractivity contribution in [3.63, 3.8) is 0 Å². The maximum Gasteiger partial charge on any atom is 0.573 e. The molecule has 0 bridgehead atoms. The minimum absolute atomic E-state index is 0.126. The predicted octanol–water partition coefficient (Wildman–Crippen LogP) is 9.69. The fourth-order valence-electron chi connectivity index (χ4n) is 6.47. The van der Waals surface area contributed by atoms with Crippen LogP contribution in [0.5, 0.6) is 11.5 Å². The van der Waals surface area contributed by atoms with E-state index >= 15 is 0 Å². The van der Waals surface area contributed by atoms with Crippen molar-refractivity contribution in [1.82, 2.24) is 0 Å². The van der Waals surface area contributed by atoms with Gasteiger partial charge in [0.15, 0.2) is 17.4 Å². The van der Waals surface area contributed by atoms with E-state index in [0.29, 0.717) is 23.0 Å². The minimum atomic E-state index is -4.78. The molecule has 0 atom stereocenters. The first-order chi connectivity index (χ1) is 18.7. The van der Waals surface area contributed by atoms with Crippen LogP contribution in [0.3, 0.4) is 0 Å². The van der Waals surface area contributed by atoms with Gasteiger partial charge in [-0.25, -0.2) is 8.78 Å². The van der Waals surface area contributed by atoms with Crippen molar-refractivity contribution in [2.24, 2.45) is 11.8 Å². The molecule has 2 fully saturated rings. The standard InChI is InChI=1S/C32H33F5O2/c33-29-18-27(19-30(34)31(29)38-20-21-6-16-28(17-7-21)39-32(35,36)37)26-14-12-25(13-15-26)24-10-8-23(9-11-24)22-4-2-1-3-5-22/h1-7,16-19,23-26H,8-15,20H2. The summed E-state index contributed by atoms with van der Waals surface area (Å²) in [6, 6.07) is 18.5. The molecule has 208 valence electrons. The molecule has 3 aromatic carbocycles. The van der Waals surface area contributed by atoms with Gasteiger partial charge in [-0.15, -0.1) is 13.2 Å². The summed E-state index contributed by atoms with van der Waals surface area (Å²) in [5.74, 6) is -0.158. The fourth-order valence-corrected chi connectivity index (χ4v) is 6.47. The molecule has 5 rings (SSSR count). The van der Waals surface area contributed by atoms with Crippen molar-refractivity contribution in [3.8, 4) is 11.5 Å². The lowest BCUT2D eigenvalue weighted by Crippen LogP contribution is -2.25. The molecule has 2 nitrogen and oxygen atoms in total. The highest BCUT2D eigenvalue weighted by atomic mass is 19.4. The van der Waals surface area contributed by atoms with Crippen LogP contribution in [0.2, 0.25) is 0 Å². The van der Waals surface area contributed by atoms with Gasteiger partial charge in [0.2, 0.25) is 0 Å². The first kappa shape index (κ1) is 27.5. The van der Waals surface area contributed by atoms with Gasteiger partial charge in [-0.05, 0) is 116 Å². The lowest BCUT2D eigenvalue weighted by Gasteiger charge is -2.38. The van der Waals surface area contributed by atoms with Gasteiger partial charge in [0.25, 0.3) is 0 Å². The highest BCUT2D eigenvalue weighted by Crippen LogP contribution is 2.46. The Morgan fingerprint density at radius 1 is 0.641 bits per heavy atom. The molecule has 39 heavy (non-hydrogen) atoms. The van der Waals surface area contributed by atoms with E-state index in [9.17, 15) is 22.0 Å². The normalized spacial score (nSPS) is 23.8. The molecule has 7 heteroatoms. The van der Waals surface area contributed by atoms with Crippen molar-refractivity contribution < 1.29 is 31.4 Å². The van der Waals surface area contributed by atoms with Gasteiger partial charge in [0, 0.05) is 0 Å². The number of ether oxygens (including phenoxy) is 2. The largest absolute Gasteiger partial charge is 0.573 e. The molecule has 0 unspecified atom stereocenters. The molecule has 0 amide bonds. The zero-order valence-electron chi connectivity index (χ0n) is 21.7. The topological polar surface area (TPSA) is 18.5 Å². The molecule has 0 aliphatic heterocycles. The van der Waals surface area contributed by atoms with Crippen LogP contribution in [-0.2, 0) is 6.61 Å². The van der Waals surface area contributed by atoms with E-state index in [1.54, 1.807) is 0 Å². The van der Waals surface area contributed by atoms with Crippen LogP contribution < -0.4 is 9.47 Å². The Morgan fingerprint density at radius 3 is 1.67 bits per heavy atom. The highest BCUT2D eigenvalue weighted by Gasteiger charge is 2.33. The lowest BCUT2D eigenvalue weighted by atomic mass is 9.67. The molecular formula is C32H33F5O2. The number of alkyl halides is 3. The van der Waals surface area contributed by atoms with Crippen LogP contribution in [0, 0.1) is 23.5 Å². The second-order valence-electron chi connectivity index (χ2n) is 10.9. The first-order valence-corrected chi connectivity index (χ1v) is 13.8. The zero-order valence-corrected chi connectivity index (χ0v) is 21.7. The van der Waals surface area contributed by atoms with Crippen LogP contribution in [0.15, 0.2) is 66.7 Å². The maximum absolute atomic E-state index is 14.9. The third-order valence-electron chi connectivity index (χ3n) is 8.51. The molecule has 0 heterocycles. The molecule has 3 aromatic rings. The van der Waals surface area contributed by atoms with Crippen LogP contribution in [0.1, 0.15) is 79.9 Å². The average Bonchev–Trinajstić information content (AvgIpc) is 2.93. The van der Waals surface area contributed by atoms with Gasteiger partial charge < -0.3 is 9.47 Å². The molecule has 2 aliphatic rings. The molecule has 0 aromatic heterocycles. The summed E-state index contributed by atoms with van der Waals surface area (Å²) in [4.78, 5) is 0.